The van der Waals surface area contributed by atoms with Gasteiger partial charge in [-0.15, -0.1) is 0 Å². The molecule has 0 aromatic carbocycles. The summed E-state index contributed by atoms with van der Waals surface area (Å²) in [5.74, 6) is 1.53. The van der Waals surface area contributed by atoms with Crippen LogP contribution in [0.3, 0.4) is 0 Å². The van der Waals surface area contributed by atoms with E-state index >= 15 is 0 Å². The van der Waals surface area contributed by atoms with Crippen molar-refractivity contribution < 1.29 is 28.5 Å². The normalized spacial score (nSPS) is 17.6. The number of carbonyl (C=O) groups is 1. The average molecular weight is 642 g/mol. The third kappa shape index (κ3) is 21.0. The fourth-order valence-electron chi connectivity index (χ4n) is 6.01. The number of rotatable bonds is 31. The molecular formula is C38H75NO6. The predicted molar refractivity (Wildman–Crippen MR) is 187 cm³/mol. The maximum absolute atomic E-state index is 13.0. The summed E-state index contributed by atoms with van der Waals surface area (Å²) in [4.78, 5) is 15.4. The number of esters is 1. The molecule has 45 heavy (non-hydrogen) atoms. The lowest BCUT2D eigenvalue weighted by Crippen LogP contribution is -2.43. The Hall–Kier alpha value is -0.730. The second kappa shape index (κ2) is 28.3. The van der Waals surface area contributed by atoms with E-state index in [1.54, 1.807) is 0 Å². The molecule has 3 atom stereocenters. The molecule has 0 aromatic heterocycles. The molecule has 1 heterocycles. The Kier molecular flexibility index (Phi) is 26.6. The monoisotopic (exact) mass is 642 g/mol. The van der Waals surface area contributed by atoms with Gasteiger partial charge in [-0.3, -0.25) is 9.69 Å². The van der Waals surface area contributed by atoms with E-state index in [4.69, 9.17) is 23.7 Å². The van der Waals surface area contributed by atoms with Crippen molar-refractivity contribution in [2.45, 2.75) is 138 Å². The highest BCUT2D eigenvalue weighted by molar-refractivity contribution is 5.69. The van der Waals surface area contributed by atoms with Crippen LogP contribution in [0.1, 0.15) is 138 Å². The number of hydrogen-bond acceptors (Lipinski definition) is 7. The van der Waals surface area contributed by atoms with Crippen molar-refractivity contribution in [2.75, 3.05) is 79.1 Å². The van der Waals surface area contributed by atoms with Crippen LogP contribution in [-0.4, -0.2) is 90.0 Å². The zero-order valence-electron chi connectivity index (χ0n) is 30.7. The maximum atomic E-state index is 13.0. The van der Waals surface area contributed by atoms with Crippen LogP contribution in [-0.2, 0) is 28.5 Å². The van der Waals surface area contributed by atoms with Crippen molar-refractivity contribution in [1.82, 2.24) is 4.90 Å². The third-order valence-electron chi connectivity index (χ3n) is 9.66. The van der Waals surface area contributed by atoms with E-state index in [2.05, 4.69) is 46.4 Å². The SMILES string of the molecule is CCCCC(CC)COCC(COCC(CC)CCCC)(COCC(CC)CCCC)COC(=O)CCCCN1CCOCC1. The van der Waals surface area contributed by atoms with Gasteiger partial charge in [-0.2, -0.15) is 0 Å². The Morgan fingerprint density at radius 3 is 1.49 bits per heavy atom. The first-order valence-corrected chi connectivity index (χ1v) is 19.1. The van der Waals surface area contributed by atoms with Gasteiger partial charge in [0.25, 0.3) is 0 Å². The summed E-state index contributed by atoms with van der Waals surface area (Å²) in [6, 6.07) is 0. The zero-order chi connectivity index (χ0) is 33.0. The van der Waals surface area contributed by atoms with E-state index in [0.29, 0.717) is 44.0 Å². The molecule has 1 aliphatic rings. The molecule has 0 bridgehead atoms. The van der Waals surface area contributed by atoms with Gasteiger partial charge in [-0.1, -0.05) is 99.3 Å². The first-order valence-electron chi connectivity index (χ1n) is 19.1. The van der Waals surface area contributed by atoms with E-state index in [1.165, 1.54) is 57.8 Å². The molecule has 0 aliphatic carbocycles. The second-order valence-electron chi connectivity index (χ2n) is 13.9. The van der Waals surface area contributed by atoms with E-state index in [1.807, 2.05) is 0 Å². The molecule has 268 valence electrons. The van der Waals surface area contributed by atoms with Gasteiger partial charge in [-0.25, -0.2) is 0 Å². The molecule has 1 aliphatic heterocycles. The molecule has 0 aromatic rings. The Labute approximate surface area is 279 Å². The summed E-state index contributed by atoms with van der Waals surface area (Å²) >= 11 is 0. The van der Waals surface area contributed by atoms with Crippen molar-refractivity contribution in [1.29, 1.82) is 0 Å². The first-order chi connectivity index (χ1) is 21.9. The molecule has 3 unspecified atom stereocenters. The van der Waals surface area contributed by atoms with Gasteiger partial charge in [0, 0.05) is 39.3 Å². The van der Waals surface area contributed by atoms with Gasteiger partial charge in [-0.05, 0) is 56.4 Å². The highest BCUT2D eigenvalue weighted by Gasteiger charge is 2.35. The van der Waals surface area contributed by atoms with Crippen molar-refractivity contribution in [2.24, 2.45) is 23.2 Å². The minimum Gasteiger partial charge on any atom is -0.465 e. The van der Waals surface area contributed by atoms with Gasteiger partial charge in [0.15, 0.2) is 0 Å². The van der Waals surface area contributed by atoms with Gasteiger partial charge < -0.3 is 23.7 Å². The zero-order valence-corrected chi connectivity index (χ0v) is 30.7. The molecule has 1 rings (SSSR count). The van der Waals surface area contributed by atoms with Gasteiger partial charge >= 0.3 is 5.97 Å². The molecule has 0 spiro atoms. The van der Waals surface area contributed by atoms with Crippen LogP contribution in [0.15, 0.2) is 0 Å². The van der Waals surface area contributed by atoms with Crippen LogP contribution in [0.5, 0.6) is 0 Å². The van der Waals surface area contributed by atoms with Crippen molar-refractivity contribution in [3.63, 3.8) is 0 Å². The highest BCUT2D eigenvalue weighted by atomic mass is 16.5. The second-order valence-corrected chi connectivity index (χ2v) is 13.9. The number of morpholine rings is 1. The average Bonchev–Trinajstić information content (AvgIpc) is 3.07. The number of nitrogens with zero attached hydrogens (tertiary/aromatic N) is 1. The lowest BCUT2D eigenvalue weighted by molar-refractivity contribution is -0.157. The fraction of sp³-hybridized carbons (Fsp3) is 0.974. The number of ether oxygens (including phenoxy) is 5. The van der Waals surface area contributed by atoms with Crippen molar-refractivity contribution in [3.05, 3.63) is 0 Å². The predicted octanol–water partition coefficient (Wildman–Crippen LogP) is 8.72. The van der Waals surface area contributed by atoms with E-state index in [9.17, 15) is 4.79 Å². The minimum atomic E-state index is -0.515. The molecule has 7 heteroatoms. The quantitative estimate of drug-likeness (QED) is 0.0554. The maximum Gasteiger partial charge on any atom is 0.305 e. The largest absolute Gasteiger partial charge is 0.465 e. The van der Waals surface area contributed by atoms with Crippen LogP contribution in [0, 0.1) is 23.2 Å². The van der Waals surface area contributed by atoms with Crippen LogP contribution in [0.2, 0.25) is 0 Å². The smallest absolute Gasteiger partial charge is 0.305 e. The molecule has 0 N–H and O–H groups in total. The summed E-state index contributed by atoms with van der Waals surface area (Å²) in [7, 11) is 0. The summed E-state index contributed by atoms with van der Waals surface area (Å²) < 4.78 is 30.9. The van der Waals surface area contributed by atoms with Crippen LogP contribution in [0.4, 0.5) is 0 Å². The molecular weight excluding hydrogens is 566 g/mol. The van der Waals surface area contributed by atoms with Crippen LogP contribution < -0.4 is 0 Å². The van der Waals surface area contributed by atoms with Gasteiger partial charge in [0.05, 0.1) is 38.4 Å². The first kappa shape index (κ1) is 42.3. The Bertz CT molecular complexity index is 616. The molecule has 0 radical (unpaired) electrons. The Morgan fingerprint density at radius 2 is 1.09 bits per heavy atom. The molecule has 1 fully saturated rings. The summed E-state index contributed by atoms with van der Waals surface area (Å²) in [6.45, 7) is 22.0. The van der Waals surface area contributed by atoms with Crippen molar-refractivity contribution >= 4 is 5.97 Å². The molecule has 0 saturated carbocycles. The number of unbranched alkanes of at least 4 members (excludes halogenated alkanes) is 4. The van der Waals surface area contributed by atoms with E-state index in [0.717, 1.165) is 84.8 Å². The number of hydrogen-bond donors (Lipinski definition) is 0. The summed E-state index contributed by atoms with van der Waals surface area (Å²) in [6.07, 6.45) is 16.5. The minimum absolute atomic E-state index is 0.125. The van der Waals surface area contributed by atoms with Crippen LogP contribution in [0.25, 0.3) is 0 Å². The summed E-state index contributed by atoms with van der Waals surface area (Å²) in [5.41, 5.74) is -0.515. The van der Waals surface area contributed by atoms with Gasteiger partial charge in [0.2, 0.25) is 0 Å². The topological polar surface area (TPSA) is 66.5 Å². The van der Waals surface area contributed by atoms with Gasteiger partial charge in [0.1, 0.15) is 6.61 Å². The molecule has 7 nitrogen and oxygen atoms in total. The lowest BCUT2D eigenvalue weighted by Gasteiger charge is -2.34. The lowest BCUT2D eigenvalue weighted by atomic mass is 9.91. The molecule has 1 saturated heterocycles. The van der Waals surface area contributed by atoms with E-state index < -0.39 is 5.41 Å². The van der Waals surface area contributed by atoms with E-state index in [-0.39, 0.29) is 12.6 Å². The number of carbonyl (C=O) groups excluding carboxylic acids is 1. The van der Waals surface area contributed by atoms with Crippen LogP contribution >= 0.6 is 0 Å². The molecule has 0 amide bonds. The highest BCUT2D eigenvalue weighted by Crippen LogP contribution is 2.25. The third-order valence-corrected chi connectivity index (χ3v) is 9.66. The Morgan fingerprint density at radius 1 is 0.644 bits per heavy atom. The summed E-state index contributed by atoms with van der Waals surface area (Å²) in [5, 5.41) is 0. The standard InChI is InChI=1S/C38H75NO6/c1-7-13-18-34(10-4)27-42-30-38(31-43-28-35(11-5)19-14-8-2,32-44-29-36(12-6)20-15-9-3)33-45-37(40)21-16-17-22-39-23-25-41-26-24-39/h34-36H,7-33H2,1-6H3. The Balaban J connectivity index is 2.91. The van der Waals surface area contributed by atoms with Crippen molar-refractivity contribution in [3.8, 4) is 0 Å². The fourth-order valence-corrected chi connectivity index (χ4v) is 6.01.